The maximum atomic E-state index is 13.2. The fraction of sp³-hybridized carbons (Fsp3) is 0.474. The van der Waals surface area contributed by atoms with E-state index < -0.39 is 5.82 Å². The van der Waals surface area contributed by atoms with Crippen molar-refractivity contribution in [3.8, 4) is 5.75 Å². The second kappa shape index (κ2) is 6.75. The number of nitrogens with one attached hydrogen (secondary N) is 1. The van der Waals surface area contributed by atoms with Crippen molar-refractivity contribution in [2.75, 3.05) is 17.3 Å². The molecule has 0 unspecified atom stereocenters. The van der Waals surface area contributed by atoms with Gasteiger partial charge in [-0.25, -0.2) is 14.4 Å². The van der Waals surface area contributed by atoms with Gasteiger partial charge in [-0.15, -0.1) is 0 Å². The lowest BCUT2D eigenvalue weighted by molar-refractivity contribution is -0.117. The molecular weight excluding hydrogens is 349 g/mol. The Morgan fingerprint density at radius 3 is 2.85 bits per heavy atom. The standard InChI is InChI=1S/C19H22FN5O2/c1-10-17-18(25(3)11(2)19(26)24-17)23-16(22-10)6-12-4-14(5-12)27-15-7-13(20)8-21-9-15/h7-9,11-12,14H,4-6H2,1-3H3,(H,24,26)/t11-,12?,14?/m0/s1. The predicted octanol–water partition coefficient (Wildman–Crippen LogP) is 2.50. The molecule has 0 bridgehead atoms. The second-order valence-electron chi connectivity index (χ2n) is 7.32. The molecule has 0 spiro atoms. The molecule has 1 atom stereocenters. The van der Waals surface area contributed by atoms with E-state index in [2.05, 4.69) is 20.3 Å². The molecule has 0 radical (unpaired) electrons. The molecule has 3 heterocycles. The summed E-state index contributed by atoms with van der Waals surface area (Å²) in [5.74, 6) is 1.99. The number of aromatic nitrogens is 3. The van der Waals surface area contributed by atoms with Gasteiger partial charge < -0.3 is 15.0 Å². The number of anilines is 2. The molecule has 1 amide bonds. The lowest BCUT2D eigenvalue weighted by atomic mass is 9.80. The number of pyridine rings is 1. The third-order valence-electron chi connectivity index (χ3n) is 5.31. The molecular formula is C19H22FN5O2. The van der Waals surface area contributed by atoms with Crippen LogP contribution in [0.5, 0.6) is 5.75 Å². The van der Waals surface area contributed by atoms with E-state index in [0.29, 0.717) is 17.4 Å². The number of fused-ring (bicyclic) bond motifs is 1. The van der Waals surface area contributed by atoms with Crippen LogP contribution in [-0.2, 0) is 11.2 Å². The Kier molecular flexibility index (Phi) is 4.41. The van der Waals surface area contributed by atoms with Gasteiger partial charge in [-0.05, 0) is 32.6 Å². The molecule has 1 N–H and O–H groups in total. The van der Waals surface area contributed by atoms with Gasteiger partial charge in [0.05, 0.1) is 24.2 Å². The van der Waals surface area contributed by atoms with Crippen molar-refractivity contribution >= 4 is 17.4 Å². The van der Waals surface area contributed by atoms with Gasteiger partial charge in [0.25, 0.3) is 0 Å². The first kappa shape index (κ1) is 17.6. The summed E-state index contributed by atoms with van der Waals surface area (Å²) in [5.41, 5.74) is 1.47. The van der Waals surface area contributed by atoms with Crippen LogP contribution in [0.3, 0.4) is 0 Å². The maximum absolute atomic E-state index is 13.2. The van der Waals surface area contributed by atoms with Gasteiger partial charge in [0.15, 0.2) is 5.82 Å². The summed E-state index contributed by atoms with van der Waals surface area (Å²) in [7, 11) is 1.87. The Labute approximate surface area is 157 Å². The van der Waals surface area contributed by atoms with Crippen molar-refractivity contribution in [3.05, 3.63) is 35.8 Å². The van der Waals surface area contributed by atoms with Crippen LogP contribution in [0.4, 0.5) is 15.9 Å². The maximum Gasteiger partial charge on any atom is 0.246 e. The number of carbonyl (C=O) groups is 1. The van der Waals surface area contributed by atoms with Crippen LogP contribution in [-0.4, -0.2) is 40.1 Å². The van der Waals surface area contributed by atoms with Gasteiger partial charge >= 0.3 is 0 Å². The van der Waals surface area contributed by atoms with Crippen LogP contribution in [0.25, 0.3) is 0 Å². The van der Waals surface area contributed by atoms with Gasteiger partial charge in [-0.3, -0.25) is 9.78 Å². The number of nitrogens with zero attached hydrogens (tertiary/aromatic N) is 4. The van der Waals surface area contributed by atoms with Crippen molar-refractivity contribution in [3.63, 3.8) is 0 Å². The van der Waals surface area contributed by atoms with Crippen molar-refractivity contribution in [1.82, 2.24) is 15.0 Å². The zero-order valence-corrected chi connectivity index (χ0v) is 15.6. The predicted molar refractivity (Wildman–Crippen MR) is 98.3 cm³/mol. The summed E-state index contributed by atoms with van der Waals surface area (Å²) in [6.45, 7) is 3.74. The summed E-state index contributed by atoms with van der Waals surface area (Å²) in [6.07, 6.45) is 5.26. The fourth-order valence-corrected chi connectivity index (χ4v) is 3.54. The van der Waals surface area contributed by atoms with Crippen LogP contribution in [0.1, 0.15) is 31.3 Å². The number of likely N-dealkylation sites (N-methyl/N-ethyl adjacent to an activating group) is 1. The van der Waals surface area contributed by atoms with Crippen molar-refractivity contribution in [1.29, 1.82) is 0 Å². The SMILES string of the molecule is Cc1nc(CC2CC(Oc3cncc(F)c3)C2)nc2c1NC(=O)[C@H](C)N2C. The zero-order valence-electron chi connectivity index (χ0n) is 15.6. The zero-order chi connectivity index (χ0) is 19.1. The van der Waals surface area contributed by atoms with Crippen molar-refractivity contribution < 1.29 is 13.9 Å². The van der Waals surface area contributed by atoms with Crippen molar-refractivity contribution in [2.24, 2.45) is 5.92 Å². The van der Waals surface area contributed by atoms with E-state index >= 15 is 0 Å². The minimum absolute atomic E-state index is 0.0460. The minimum Gasteiger partial charge on any atom is -0.489 e. The molecule has 142 valence electrons. The first-order chi connectivity index (χ1) is 12.9. The van der Waals surface area contributed by atoms with E-state index in [1.807, 2.05) is 25.8 Å². The van der Waals surface area contributed by atoms with Gasteiger partial charge in [0, 0.05) is 19.5 Å². The number of ether oxygens (including phenoxy) is 1. The molecule has 1 aliphatic heterocycles. The average Bonchev–Trinajstić information content (AvgIpc) is 2.59. The molecule has 27 heavy (non-hydrogen) atoms. The fourth-order valence-electron chi connectivity index (χ4n) is 3.54. The molecule has 2 aromatic heterocycles. The van der Waals surface area contributed by atoms with Crippen molar-refractivity contribution in [2.45, 2.75) is 45.3 Å². The van der Waals surface area contributed by atoms with E-state index in [1.165, 1.54) is 12.3 Å². The topological polar surface area (TPSA) is 80.2 Å². The van der Waals surface area contributed by atoms with Gasteiger partial charge in [-0.1, -0.05) is 0 Å². The molecule has 0 saturated heterocycles. The molecule has 2 aliphatic rings. The van der Waals surface area contributed by atoms with Crippen LogP contribution in [0, 0.1) is 18.7 Å². The third kappa shape index (κ3) is 3.43. The smallest absolute Gasteiger partial charge is 0.246 e. The lowest BCUT2D eigenvalue weighted by Gasteiger charge is -2.36. The monoisotopic (exact) mass is 371 g/mol. The number of halogens is 1. The first-order valence-electron chi connectivity index (χ1n) is 9.09. The highest BCUT2D eigenvalue weighted by atomic mass is 19.1. The first-order valence-corrected chi connectivity index (χ1v) is 9.09. The normalized spacial score (nSPS) is 24.1. The average molecular weight is 371 g/mol. The van der Waals surface area contributed by atoms with Gasteiger partial charge in [0.1, 0.15) is 29.1 Å². The number of hydrogen-bond acceptors (Lipinski definition) is 6. The summed E-state index contributed by atoms with van der Waals surface area (Å²) >= 11 is 0. The minimum atomic E-state index is -0.397. The summed E-state index contributed by atoms with van der Waals surface area (Å²) in [4.78, 5) is 26.9. The number of hydrogen-bond donors (Lipinski definition) is 1. The van der Waals surface area contributed by atoms with E-state index in [4.69, 9.17) is 4.74 Å². The lowest BCUT2D eigenvalue weighted by Crippen LogP contribution is -2.45. The molecule has 7 nitrogen and oxygen atoms in total. The Bertz CT molecular complexity index is 884. The molecule has 1 aliphatic carbocycles. The number of rotatable bonds is 4. The quantitative estimate of drug-likeness (QED) is 0.889. The number of amides is 1. The highest BCUT2D eigenvalue weighted by Gasteiger charge is 2.34. The van der Waals surface area contributed by atoms with Gasteiger partial charge in [0.2, 0.25) is 5.91 Å². The van der Waals surface area contributed by atoms with E-state index in [1.54, 1.807) is 0 Å². The largest absolute Gasteiger partial charge is 0.489 e. The van der Waals surface area contributed by atoms with Crippen LogP contribution in [0.2, 0.25) is 0 Å². The Morgan fingerprint density at radius 2 is 2.11 bits per heavy atom. The summed E-state index contributed by atoms with van der Waals surface area (Å²) in [6, 6.07) is 1.09. The highest BCUT2D eigenvalue weighted by molar-refractivity contribution is 6.02. The highest BCUT2D eigenvalue weighted by Crippen LogP contribution is 2.35. The Morgan fingerprint density at radius 1 is 1.33 bits per heavy atom. The number of aryl methyl sites for hydroxylation is 1. The molecule has 4 rings (SSSR count). The van der Waals surface area contributed by atoms with E-state index in [-0.39, 0.29) is 18.1 Å². The van der Waals surface area contributed by atoms with E-state index in [0.717, 1.165) is 42.8 Å². The molecule has 8 heteroatoms. The van der Waals surface area contributed by atoms with Crippen LogP contribution in [0.15, 0.2) is 18.5 Å². The van der Waals surface area contributed by atoms with Crippen LogP contribution < -0.4 is 15.0 Å². The summed E-state index contributed by atoms with van der Waals surface area (Å²) < 4.78 is 18.9. The van der Waals surface area contributed by atoms with Gasteiger partial charge in [-0.2, -0.15) is 0 Å². The van der Waals surface area contributed by atoms with E-state index in [9.17, 15) is 9.18 Å². The summed E-state index contributed by atoms with van der Waals surface area (Å²) in [5, 5.41) is 2.89. The Hall–Kier alpha value is -2.77. The molecule has 1 saturated carbocycles. The number of carbonyl (C=O) groups excluding carboxylic acids is 1. The molecule has 0 aromatic carbocycles. The van der Waals surface area contributed by atoms with Crippen LogP contribution >= 0.6 is 0 Å². The molecule has 1 fully saturated rings. The third-order valence-corrected chi connectivity index (χ3v) is 5.31. The second-order valence-corrected chi connectivity index (χ2v) is 7.32. The molecule has 2 aromatic rings. The Balaban J connectivity index is 1.40.